The van der Waals surface area contributed by atoms with Crippen LogP contribution in [0, 0.1) is 6.92 Å². The molecule has 0 unspecified atom stereocenters. The average molecular weight is 240 g/mol. The van der Waals surface area contributed by atoms with Crippen molar-refractivity contribution in [2.24, 2.45) is 0 Å². The Morgan fingerprint density at radius 3 is 2.75 bits per heavy atom. The van der Waals surface area contributed by atoms with Gasteiger partial charge >= 0.3 is 0 Å². The molecule has 2 heterocycles. The lowest BCUT2D eigenvalue weighted by Gasteiger charge is -2.19. The van der Waals surface area contributed by atoms with Gasteiger partial charge in [0.1, 0.15) is 0 Å². The lowest BCUT2D eigenvalue weighted by Crippen LogP contribution is -2.35. The van der Waals surface area contributed by atoms with Crippen LogP contribution in [-0.2, 0) is 20.1 Å². The van der Waals surface area contributed by atoms with E-state index in [1.807, 2.05) is 6.92 Å². The minimum Gasteiger partial charge on any atom is -0.336 e. The van der Waals surface area contributed by atoms with E-state index in [0.717, 1.165) is 11.3 Å². The van der Waals surface area contributed by atoms with E-state index < -0.39 is 5.79 Å². The Balaban J connectivity index is 2.24. The van der Waals surface area contributed by atoms with Crippen molar-refractivity contribution in [3.8, 4) is 0 Å². The molecule has 0 radical (unpaired) electrons. The maximum absolute atomic E-state index is 11.9. The van der Waals surface area contributed by atoms with Crippen molar-refractivity contribution < 1.29 is 14.3 Å². The maximum atomic E-state index is 11.9. The molecule has 1 N–H and O–H groups in total. The van der Waals surface area contributed by atoms with Gasteiger partial charge < -0.3 is 14.8 Å². The predicted octanol–water partition coefficient (Wildman–Crippen LogP) is 1.80. The van der Waals surface area contributed by atoms with Crippen LogP contribution in [0.3, 0.4) is 0 Å². The molecule has 4 nitrogen and oxygen atoms in total. The van der Waals surface area contributed by atoms with Crippen LogP contribution in [0.25, 0.3) is 0 Å². The number of nitrogens with one attached hydrogen (secondary N) is 1. The van der Waals surface area contributed by atoms with Crippen molar-refractivity contribution in [2.45, 2.75) is 12.7 Å². The molecule has 3 rings (SSSR count). The van der Waals surface area contributed by atoms with Gasteiger partial charge in [0.05, 0.1) is 18.9 Å². The van der Waals surface area contributed by atoms with Crippen LogP contribution in [0.4, 0.5) is 5.69 Å². The fraction of sp³-hybridized carbons (Fsp3) is 0.364. The van der Waals surface area contributed by atoms with Crippen LogP contribution in [0.15, 0.2) is 12.1 Å². The number of anilines is 1. The summed E-state index contributed by atoms with van der Waals surface area (Å²) < 4.78 is 10.9. The minimum atomic E-state index is -1.27. The first kappa shape index (κ1) is 10.1. The molecule has 0 saturated carbocycles. The molecule has 0 aliphatic carbocycles. The number of hydrogen-bond acceptors (Lipinski definition) is 3. The van der Waals surface area contributed by atoms with E-state index in [4.69, 9.17) is 21.1 Å². The lowest BCUT2D eigenvalue weighted by atomic mass is 10.0. The number of carbonyl (C=O) groups is 1. The van der Waals surface area contributed by atoms with Crippen LogP contribution in [0.1, 0.15) is 11.1 Å². The number of carbonyl (C=O) groups excluding carboxylic acids is 1. The zero-order valence-corrected chi connectivity index (χ0v) is 9.43. The van der Waals surface area contributed by atoms with Gasteiger partial charge in [0, 0.05) is 10.6 Å². The molecule has 16 heavy (non-hydrogen) atoms. The normalized spacial score (nSPS) is 21.2. The third-order valence-corrected chi connectivity index (χ3v) is 3.10. The van der Waals surface area contributed by atoms with Crippen molar-refractivity contribution in [3.63, 3.8) is 0 Å². The first-order chi connectivity index (χ1) is 7.63. The van der Waals surface area contributed by atoms with Crippen molar-refractivity contribution in [2.75, 3.05) is 18.5 Å². The monoisotopic (exact) mass is 239 g/mol. The smallest absolute Gasteiger partial charge is 0.289 e. The van der Waals surface area contributed by atoms with Gasteiger partial charge in [-0.15, -0.1) is 0 Å². The minimum absolute atomic E-state index is 0.273. The molecule has 0 bridgehead atoms. The summed E-state index contributed by atoms with van der Waals surface area (Å²) in [5.74, 6) is -1.55. The molecular weight excluding hydrogens is 230 g/mol. The van der Waals surface area contributed by atoms with E-state index in [1.165, 1.54) is 0 Å². The Labute approximate surface area is 97.5 Å². The van der Waals surface area contributed by atoms with Gasteiger partial charge in [0.25, 0.3) is 11.7 Å². The number of aryl methyl sites for hydroxylation is 1. The van der Waals surface area contributed by atoms with Crippen molar-refractivity contribution >= 4 is 23.2 Å². The second-order valence-electron chi connectivity index (χ2n) is 3.91. The summed E-state index contributed by atoms with van der Waals surface area (Å²) >= 11 is 5.99. The van der Waals surface area contributed by atoms with Crippen molar-refractivity contribution in [1.82, 2.24) is 0 Å². The van der Waals surface area contributed by atoms with Crippen LogP contribution in [0.5, 0.6) is 0 Å². The standard InChI is InChI=1S/C11H10ClNO3/c1-6-4-7(12)5-8-9(6)13-10(14)11(8)15-2-3-16-11/h4-5H,2-3H2,1H3,(H,13,14). The predicted molar refractivity (Wildman–Crippen MR) is 58.4 cm³/mol. The largest absolute Gasteiger partial charge is 0.336 e. The fourth-order valence-corrected chi connectivity index (χ4v) is 2.46. The molecule has 1 amide bonds. The van der Waals surface area contributed by atoms with Crippen LogP contribution in [0.2, 0.25) is 5.02 Å². The SMILES string of the molecule is Cc1cc(Cl)cc2c1NC(=O)C21OCCO1. The molecule has 2 aliphatic heterocycles. The summed E-state index contributed by atoms with van der Waals surface area (Å²) in [5.41, 5.74) is 2.34. The first-order valence-corrected chi connectivity index (χ1v) is 5.41. The van der Waals surface area contributed by atoms with Gasteiger partial charge in [0.2, 0.25) is 0 Å². The Bertz CT molecular complexity index is 480. The number of fused-ring (bicyclic) bond motifs is 2. The third kappa shape index (κ3) is 1.15. The second kappa shape index (κ2) is 3.20. The molecule has 0 atom stereocenters. The molecule has 0 aromatic heterocycles. The van der Waals surface area contributed by atoms with Gasteiger partial charge in [-0.1, -0.05) is 11.6 Å². The zero-order chi connectivity index (χ0) is 11.3. The van der Waals surface area contributed by atoms with Crippen LogP contribution < -0.4 is 5.32 Å². The Hall–Kier alpha value is -1.10. The molecule has 5 heteroatoms. The zero-order valence-electron chi connectivity index (χ0n) is 8.67. The summed E-state index contributed by atoms with van der Waals surface area (Å²) in [4.78, 5) is 11.9. The van der Waals surface area contributed by atoms with Gasteiger partial charge in [-0.2, -0.15) is 0 Å². The lowest BCUT2D eigenvalue weighted by molar-refractivity contribution is -0.178. The first-order valence-electron chi connectivity index (χ1n) is 5.03. The van der Waals surface area contributed by atoms with Crippen molar-refractivity contribution in [3.05, 3.63) is 28.3 Å². The van der Waals surface area contributed by atoms with E-state index >= 15 is 0 Å². The third-order valence-electron chi connectivity index (χ3n) is 2.89. The highest BCUT2D eigenvalue weighted by Crippen LogP contribution is 2.44. The van der Waals surface area contributed by atoms with E-state index in [1.54, 1.807) is 12.1 Å². The van der Waals surface area contributed by atoms with Gasteiger partial charge in [-0.3, -0.25) is 4.79 Å². The average Bonchev–Trinajstić information content (AvgIpc) is 2.79. The van der Waals surface area contributed by atoms with E-state index in [-0.39, 0.29) is 5.91 Å². The number of amides is 1. The van der Waals surface area contributed by atoms with Crippen LogP contribution in [-0.4, -0.2) is 19.1 Å². The summed E-state index contributed by atoms with van der Waals surface area (Å²) in [6.07, 6.45) is 0. The highest BCUT2D eigenvalue weighted by Gasteiger charge is 2.52. The van der Waals surface area contributed by atoms with E-state index in [9.17, 15) is 4.79 Å². The van der Waals surface area contributed by atoms with Gasteiger partial charge in [-0.05, 0) is 24.6 Å². The topological polar surface area (TPSA) is 47.6 Å². The number of hydrogen-bond donors (Lipinski definition) is 1. The Morgan fingerprint density at radius 1 is 1.38 bits per heavy atom. The molecular formula is C11H10ClNO3. The van der Waals surface area contributed by atoms with Gasteiger partial charge in [-0.25, -0.2) is 0 Å². The summed E-state index contributed by atoms with van der Waals surface area (Å²) in [6.45, 7) is 2.72. The van der Waals surface area contributed by atoms with Crippen molar-refractivity contribution in [1.29, 1.82) is 0 Å². The summed E-state index contributed by atoms with van der Waals surface area (Å²) in [7, 11) is 0. The molecule has 1 aromatic carbocycles. The second-order valence-corrected chi connectivity index (χ2v) is 4.35. The number of rotatable bonds is 0. The summed E-state index contributed by atoms with van der Waals surface area (Å²) in [5, 5.41) is 3.35. The molecule has 1 saturated heterocycles. The highest BCUT2D eigenvalue weighted by atomic mass is 35.5. The fourth-order valence-electron chi connectivity index (χ4n) is 2.19. The number of halogens is 1. The maximum Gasteiger partial charge on any atom is 0.289 e. The molecule has 2 aliphatic rings. The highest BCUT2D eigenvalue weighted by molar-refractivity contribution is 6.31. The molecule has 84 valence electrons. The quantitative estimate of drug-likeness (QED) is 0.751. The van der Waals surface area contributed by atoms with E-state index in [0.29, 0.717) is 23.8 Å². The van der Waals surface area contributed by atoms with E-state index in [2.05, 4.69) is 5.32 Å². The van der Waals surface area contributed by atoms with Crippen LogP contribution >= 0.6 is 11.6 Å². The Morgan fingerprint density at radius 2 is 2.06 bits per heavy atom. The molecule has 1 aromatic rings. The molecule has 1 fully saturated rings. The van der Waals surface area contributed by atoms with Gasteiger partial charge in [0.15, 0.2) is 0 Å². The Kier molecular flexibility index (Phi) is 2.01. The number of benzene rings is 1. The summed E-state index contributed by atoms with van der Waals surface area (Å²) in [6, 6.07) is 3.52. The molecule has 1 spiro atoms. The number of ether oxygens (including phenoxy) is 2.